The summed E-state index contributed by atoms with van der Waals surface area (Å²) in [6.07, 6.45) is 0.384. The molecule has 2 aromatic carbocycles. The van der Waals surface area contributed by atoms with Crippen molar-refractivity contribution in [2.24, 2.45) is 5.92 Å². The van der Waals surface area contributed by atoms with Crippen LogP contribution in [0.15, 0.2) is 60.7 Å². The van der Waals surface area contributed by atoms with Gasteiger partial charge in [-0.05, 0) is 31.0 Å². The number of carbonyl (C=O) groups excluding carboxylic acids is 3. The summed E-state index contributed by atoms with van der Waals surface area (Å²) in [5, 5.41) is 2.88. The molecule has 2 rings (SSSR count). The van der Waals surface area contributed by atoms with E-state index in [9.17, 15) is 14.4 Å². The second-order valence-electron chi connectivity index (χ2n) is 8.62. The number of esters is 1. The number of nitrogens with one attached hydrogen (secondary N) is 1. The molecular formula is C26H33NO4S. The van der Waals surface area contributed by atoms with Crippen molar-refractivity contribution in [3.63, 3.8) is 0 Å². The van der Waals surface area contributed by atoms with Crippen molar-refractivity contribution < 1.29 is 19.1 Å². The molecule has 6 heteroatoms. The zero-order valence-electron chi connectivity index (χ0n) is 19.3. The summed E-state index contributed by atoms with van der Waals surface area (Å²) >= 11 is 1.62. The number of ether oxygens (including phenoxy) is 1. The van der Waals surface area contributed by atoms with E-state index in [-0.39, 0.29) is 35.4 Å². The van der Waals surface area contributed by atoms with Gasteiger partial charge >= 0.3 is 5.97 Å². The van der Waals surface area contributed by atoms with Crippen molar-refractivity contribution in [2.45, 2.75) is 51.3 Å². The molecule has 1 amide bonds. The van der Waals surface area contributed by atoms with E-state index in [1.807, 2.05) is 36.4 Å². The summed E-state index contributed by atoms with van der Waals surface area (Å²) in [4.78, 5) is 38.6. The van der Waals surface area contributed by atoms with Crippen molar-refractivity contribution in [3.05, 3.63) is 71.8 Å². The Hall–Kier alpha value is -2.60. The van der Waals surface area contributed by atoms with Gasteiger partial charge < -0.3 is 10.1 Å². The monoisotopic (exact) mass is 455 g/mol. The van der Waals surface area contributed by atoms with Crippen LogP contribution in [0.5, 0.6) is 0 Å². The highest BCUT2D eigenvalue weighted by molar-refractivity contribution is 8.00. The standard InChI is InChI=1S/C26H33NO4S/c1-5-31-25(30)21(18-32-26(2,3)4)17-23(28)22(16-19-12-8-6-9-13-19)27-24(29)20-14-10-7-11-15-20/h6-15,21-22H,5,16-18H2,1-4H3,(H,27,29)/t21-,22-/m0/s1. The van der Waals surface area contributed by atoms with E-state index in [1.165, 1.54) is 0 Å². The van der Waals surface area contributed by atoms with Crippen LogP contribution >= 0.6 is 11.8 Å². The highest BCUT2D eigenvalue weighted by Gasteiger charge is 2.30. The number of Topliss-reactive ketones (excluding diaryl/α,β-unsaturated/α-hetero) is 1. The number of rotatable bonds is 11. The molecule has 0 saturated carbocycles. The van der Waals surface area contributed by atoms with Gasteiger partial charge in [-0.1, -0.05) is 69.3 Å². The maximum absolute atomic E-state index is 13.3. The van der Waals surface area contributed by atoms with Crippen LogP contribution in [0, 0.1) is 5.92 Å². The van der Waals surface area contributed by atoms with Crippen LogP contribution in [0.3, 0.4) is 0 Å². The lowest BCUT2D eigenvalue weighted by molar-refractivity contribution is -0.148. The lowest BCUT2D eigenvalue weighted by Gasteiger charge is -2.24. The molecule has 32 heavy (non-hydrogen) atoms. The van der Waals surface area contributed by atoms with Crippen molar-refractivity contribution in [3.8, 4) is 0 Å². The Bertz CT molecular complexity index is 878. The highest BCUT2D eigenvalue weighted by atomic mass is 32.2. The van der Waals surface area contributed by atoms with Crippen LogP contribution in [0.4, 0.5) is 0 Å². The van der Waals surface area contributed by atoms with Crippen LogP contribution in [-0.4, -0.2) is 40.8 Å². The van der Waals surface area contributed by atoms with E-state index >= 15 is 0 Å². The molecule has 5 nitrogen and oxygen atoms in total. The van der Waals surface area contributed by atoms with E-state index in [2.05, 4.69) is 26.1 Å². The largest absolute Gasteiger partial charge is 0.466 e. The fourth-order valence-electron chi connectivity index (χ4n) is 3.13. The summed E-state index contributed by atoms with van der Waals surface area (Å²) in [7, 11) is 0. The minimum absolute atomic E-state index is 0.0223. The summed E-state index contributed by atoms with van der Waals surface area (Å²) in [6.45, 7) is 8.23. The first kappa shape index (κ1) is 25.7. The zero-order chi connectivity index (χ0) is 23.6. The number of benzene rings is 2. The molecular weight excluding hydrogens is 422 g/mol. The Kier molecular flexibility index (Phi) is 9.97. The Morgan fingerprint density at radius 1 is 0.969 bits per heavy atom. The first-order valence-electron chi connectivity index (χ1n) is 10.9. The normalized spacial score (nSPS) is 13.1. The molecule has 0 spiro atoms. The number of amides is 1. The van der Waals surface area contributed by atoms with Crippen molar-refractivity contribution in [1.82, 2.24) is 5.32 Å². The molecule has 0 aliphatic rings. The van der Waals surface area contributed by atoms with Gasteiger partial charge in [-0.2, -0.15) is 11.8 Å². The Labute approximate surface area is 195 Å². The van der Waals surface area contributed by atoms with Gasteiger partial charge in [0, 0.05) is 22.5 Å². The second kappa shape index (κ2) is 12.4. The first-order chi connectivity index (χ1) is 15.2. The molecule has 0 aliphatic heterocycles. The third-order valence-corrected chi connectivity index (χ3v) is 6.23. The lowest BCUT2D eigenvalue weighted by atomic mass is 9.95. The third-order valence-electron chi connectivity index (χ3n) is 4.80. The zero-order valence-corrected chi connectivity index (χ0v) is 20.1. The third kappa shape index (κ3) is 8.87. The summed E-state index contributed by atoms with van der Waals surface area (Å²) in [5.41, 5.74) is 1.43. The van der Waals surface area contributed by atoms with Crippen LogP contribution in [0.25, 0.3) is 0 Å². The Balaban J connectivity index is 2.19. The number of carbonyl (C=O) groups is 3. The van der Waals surface area contributed by atoms with Gasteiger partial charge in [0.2, 0.25) is 0 Å². The van der Waals surface area contributed by atoms with Gasteiger partial charge in [0.15, 0.2) is 5.78 Å². The van der Waals surface area contributed by atoms with Gasteiger partial charge in [-0.25, -0.2) is 0 Å². The predicted octanol–water partition coefficient (Wildman–Crippen LogP) is 4.70. The molecule has 1 N–H and O–H groups in total. The quantitative estimate of drug-likeness (QED) is 0.497. The summed E-state index contributed by atoms with van der Waals surface area (Å²) in [6, 6.07) is 17.6. The highest BCUT2D eigenvalue weighted by Crippen LogP contribution is 2.27. The number of thioether (sulfide) groups is 1. The molecule has 2 atom stereocenters. The molecule has 0 radical (unpaired) electrons. The molecule has 0 bridgehead atoms. The van der Waals surface area contributed by atoms with Gasteiger partial charge in [0.25, 0.3) is 5.91 Å². The molecule has 2 aromatic rings. The molecule has 0 aromatic heterocycles. The maximum Gasteiger partial charge on any atom is 0.310 e. The van der Waals surface area contributed by atoms with Crippen LogP contribution in [-0.2, 0) is 20.7 Å². The number of hydrogen-bond acceptors (Lipinski definition) is 5. The summed E-state index contributed by atoms with van der Waals surface area (Å²) < 4.78 is 5.18. The van der Waals surface area contributed by atoms with Gasteiger partial charge in [-0.15, -0.1) is 0 Å². The Morgan fingerprint density at radius 2 is 1.56 bits per heavy atom. The molecule has 0 heterocycles. The van der Waals surface area contributed by atoms with E-state index in [0.717, 1.165) is 5.56 Å². The maximum atomic E-state index is 13.3. The molecule has 0 fully saturated rings. The minimum atomic E-state index is -0.735. The van der Waals surface area contributed by atoms with E-state index in [0.29, 0.717) is 17.7 Å². The van der Waals surface area contributed by atoms with Gasteiger partial charge in [0.05, 0.1) is 18.6 Å². The first-order valence-corrected chi connectivity index (χ1v) is 11.9. The van der Waals surface area contributed by atoms with E-state index < -0.39 is 12.0 Å². The van der Waals surface area contributed by atoms with E-state index in [4.69, 9.17) is 4.74 Å². The second-order valence-corrected chi connectivity index (χ2v) is 10.5. The SMILES string of the molecule is CCOC(=O)[C@H](CSC(C)(C)C)CC(=O)[C@H](Cc1ccccc1)NC(=O)c1ccccc1. The fraction of sp³-hybridized carbons (Fsp3) is 0.423. The predicted molar refractivity (Wildman–Crippen MR) is 130 cm³/mol. The molecule has 0 unspecified atom stereocenters. The van der Waals surface area contributed by atoms with Crippen LogP contribution < -0.4 is 5.32 Å². The van der Waals surface area contributed by atoms with Crippen molar-refractivity contribution in [2.75, 3.05) is 12.4 Å². The lowest BCUT2D eigenvalue weighted by Crippen LogP contribution is -2.43. The average molecular weight is 456 g/mol. The van der Waals surface area contributed by atoms with Gasteiger partial charge in [0.1, 0.15) is 0 Å². The van der Waals surface area contributed by atoms with Gasteiger partial charge in [-0.3, -0.25) is 14.4 Å². The van der Waals surface area contributed by atoms with Crippen molar-refractivity contribution in [1.29, 1.82) is 0 Å². The summed E-state index contributed by atoms with van der Waals surface area (Å²) in [5.74, 6) is -0.926. The number of hydrogen-bond donors (Lipinski definition) is 1. The molecule has 0 saturated heterocycles. The molecule has 0 aliphatic carbocycles. The van der Waals surface area contributed by atoms with Crippen LogP contribution in [0.1, 0.15) is 50.0 Å². The smallest absolute Gasteiger partial charge is 0.310 e. The Morgan fingerprint density at radius 3 is 2.12 bits per heavy atom. The average Bonchev–Trinajstić information content (AvgIpc) is 2.76. The minimum Gasteiger partial charge on any atom is -0.466 e. The van der Waals surface area contributed by atoms with E-state index in [1.54, 1.807) is 43.0 Å². The van der Waals surface area contributed by atoms with Crippen molar-refractivity contribution >= 4 is 29.4 Å². The number of ketones is 1. The topological polar surface area (TPSA) is 72.5 Å². The fourth-order valence-corrected chi connectivity index (χ4v) is 4.09. The van der Waals surface area contributed by atoms with Crippen LogP contribution in [0.2, 0.25) is 0 Å². The molecule has 172 valence electrons.